The van der Waals surface area contributed by atoms with Crippen LogP contribution in [0.1, 0.15) is 0 Å². The highest BCUT2D eigenvalue weighted by Crippen LogP contribution is 1.99. The number of aliphatic hydroxyl groups is 2. The van der Waals surface area contributed by atoms with E-state index in [4.69, 9.17) is 15.9 Å². The van der Waals surface area contributed by atoms with Gasteiger partial charge >= 0.3 is 0 Å². The average Bonchev–Trinajstić information content (AvgIpc) is 1.87. The van der Waals surface area contributed by atoms with Crippen molar-refractivity contribution in [3.05, 3.63) is 0 Å². The Morgan fingerprint density at radius 3 is 2.12 bits per heavy atom. The average molecular weight is 123 g/mol. The lowest BCUT2D eigenvalue weighted by molar-refractivity contribution is -0.0247. The molecule has 0 rings (SSSR count). The molecule has 0 aliphatic carbocycles. The molecule has 50 valence electrons. The van der Waals surface area contributed by atoms with Crippen LogP contribution in [-0.2, 0) is 0 Å². The molecule has 8 heavy (non-hydrogen) atoms. The van der Waals surface area contributed by atoms with Crippen molar-refractivity contribution in [2.75, 3.05) is 19.8 Å². The molecule has 0 heterocycles. The molecule has 0 spiro atoms. The molecule has 0 aliphatic rings. The van der Waals surface area contributed by atoms with Crippen LogP contribution < -0.4 is 5.73 Å². The Morgan fingerprint density at radius 1 is 1.62 bits per heavy atom. The van der Waals surface area contributed by atoms with Crippen molar-refractivity contribution in [3.63, 3.8) is 0 Å². The number of rotatable bonds is 3. The molecule has 0 saturated heterocycles. The monoisotopic (exact) mass is 123 g/mol. The largest absolute Gasteiger partial charge is 0.393 e. The van der Waals surface area contributed by atoms with E-state index in [9.17, 15) is 4.39 Å². The first-order valence-electron chi connectivity index (χ1n) is 2.28. The molecule has 0 amide bonds. The fourth-order valence-electron chi connectivity index (χ4n) is 0.161. The number of alkyl halides is 1. The smallest absolute Gasteiger partial charge is 0.128 e. The predicted molar refractivity (Wildman–Crippen MR) is 27.1 cm³/mol. The Hall–Kier alpha value is -0.190. The number of nitrogens with two attached hydrogens (primary N) is 1. The third-order valence-electron chi connectivity index (χ3n) is 0.923. The van der Waals surface area contributed by atoms with Crippen LogP contribution in [0.5, 0.6) is 0 Å². The Bertz CT molecular complexity index is 56.8. The first kappa shape index (κ1) is 7.81. The van der Waals surface area contributed by atoms with Crippen LogP contribution in [0.2, 0.25) is 0 Å². The van der Waals surface area contributed by atoms with Crippen LogP contribution in [-0.4, -0.2) is 35.6 Å². The van der Waals surface area contributed by atoms with Crippen LogP contribution in [0, 0.1) is 0 Å². The standard InChI is InChI=1S/C4H10FNO2/c5-1-4(8,2-6)3-7/h7-8H,1-3,6H2. The maximum Gasteiger partial charge on any atom is 0.128 e. The van der Waals surface area contributed by atoms with Gasteiger partial charge in [0, 0.05) is 6.54 Å². The van der Waals surface area contributed by atoms with Gasteiger partial charge in [-0.2, -0.15) is 0 Å². The third kappa shape index (κ3) is 1.73. The first-order valence-corrected chi connectivity index (χ1v) is 2.28. The molecule has 0 fully saturated rings. The Labute approximate surface area is 46.9 Å². The SMILES string of the molecule is NCC(O)(CO)CF. The van der Waals surface area contributed by atoms with Crippen LogP contribution >= 0.6 is 0 Å². The zero-order valence-electron chi connectivity index (χ0n) is 4.47. The second-order valence-corrected chi connectivity index (χ2v) is 1.72. The lowest BCUT2D eigenvalue weighted by Gasteiger charge is -2.18. The molecule has 0 saturated carbocycles. The summed E-state index contributed by atoms with van der Waals surface area (Å²) in [6.45, 7) is -1.88. The van der Waals surface area contributed by atoms with Crippen molar-refractivity contribution in [2.45, 2.75) is 5.60 Å². The van der Waals surface area contributed by atoms with E-state index < -0.39 is 18.9 Å². The van der Waals surface area contributed by atoms with E-state index in [1.807, 2.05) is 0 Å². The van der Waals surface area contributed by atoms with Crippen molar-refractivity contribution in [3.8, 4) is 0 Å². The lowest BCUT2D eigenvalue weighted by Crippen LogP contribution is -2.43. The minimum atomic E-state index is -1.71. The van der Waals surface area contributed by atoms with Crippen LogP contribution in [0.3, 0.4) is 0 Å². The molecule has 0 bridgehead atoms. The van der Waals surface area contributed by atoms with Gasteiger partial charge in [-0.1, -0.05) is 0 Å². The zero-order valence-corrected chi connectivity index (χ0v) is 4.47. The number of hydrogen-bond donors (Lipinski definition) is 3. The lowest BCUT2D eigenvalue weighted by atomic mass is 10.1. The van der Waals surface area contributed by atoms with E-state index in [0.29, 0.717) is 0 Å². The summed E-state index contributed by atoms with van der Waals surface area (Å²) in [5.74, 6) is 0. The summed E-state index contributed by atoms with van der Waals surface area (Å²) in [6.07, 6.45) is 0. The van der Waals surface area contributed by atoms with Gasteiger partial charge in [-0.15, -0.1) is 0 Å². The molecule has 0 radical (unpaired) electrons. The normalized spacial score (nSPS) is 18.0. The highest BCUT2D eigenvalue weighted by molar-refractivity contribution is 4.76. The minimum absolute atomic E-state index is 0.250. The van der Waals surface area contributed by atoms with E-state index >= 15 is 0 Å². The Morgan fingerprint density at radius 2 is 2.12 bits per heavy atom. The second-order valence-electron chi connectivity index (χ2n) is 1.72. The molecule has 0 aromatic heterocycles. The molecule has 0 aliphatic heterocycles. The van der Waals surface area contributed by atoms with Crippen molar-refractivity contribution >= 4 is 0 Å². The number of hydrogen-bond acceptors (Lipinski definition) is 3. The predicted octanol–water partition coefficient (Wildman–Crippen LogP) is -1.36. The summed E-state index contributed by atoms with van der Waals surface area (Å²) < 4.78 is 11.6. The fourth-order valence-corrected chi connectivity index (χ4v) is 0.161. The molecule has 0 aromatic rings. The fraction of sp³-hybridized carbons (Fsp3) is 1.00. The molecule has 3 nitrogen and oxygen atoms in total. The Kier molecular flexibility index (Phi) is 2.89. The van der Waals surface area contributed by atoms with Crippen LogP contribution in [0.25, 0.3) is 0 Å². The van der Waals surface area contributed by atoms with Crippen molar-refractivity contribution < 1.29 is 14.6 Å². The highest BCUT2D eigenvalue weighted by atomic mass is 19.1. The van der Waals surface area contributed by atoms with Gasteiger partial charge in [-0.3, -0.25) is 0 Å². The van der Waals surface area contributed by atoms with Crippen LogP contribution in [0.4, 0.5) is 4.39 Å². The van der Waals surface area contributed by atoms with Crippen molar-refractivity contribution in [2.24, 2.45) is 5.73 Å². The van der Waals surface area contributed by atoms with Crippen LogP contribution in [0.15, 0.2) is 0 Å². The summed E-state index contributed by atoms with van der Waals surface area (Å²) in [6, 6.07) is 0. The summed E-state index contributed by atoms with van der Waals surface area (Å²) in [5, 5.41) is 16.9. The summed E-state index contributed by atoms with van der Waals surface area (Å²) in [7, 11) is 0. The molecule has 4 N–H and O–H groups in total. The van der Waals surface area contributed by atoms with Gasteiger partial charge in [0.1, 0.15) is 12.3 Å². The number of aliphatic hydroxyl groups excluding tert-OH is 1. The van der Waals surface area contributed by atoms with Gasteiger partial charge in [-0.25, -0.2) is 4.39 Å². The first-order chi connectivity index (χ1) is 3.68. The van der Waals surface area contributed by atoms with Gasteiger partial charge in [0.25, 0.3) is 0 Å². The quantitative estimate of drug-likeness (QED) is 0.434. The second kappa shape index (κ2) is 2.96. The van der Waals surface area contributed by atoms with Crippen molar-refractivity contribution in [1.29, 1.82) is 0 Å². The topological polar surface area (TPSA) is 66.5 Å². The Balaban J connectivity index is 3.58. The molecular weight excluding hydrogens is 113 g/mol. The van der Waals surface area contributed by atoms with E-state index in [-0.39, 0.29) is 6.54 Å². The maximum atomic E-state index is 11.6. The van der Waals surface area contributed by atoms with E-state index in [1.54, 1.807) is 0 Å². The molecule has 4 heteroatoms. The van der Waals surface area contributed by atoms with E-state index in [2.05, 4.69) is 0 Å². The highest BCUT2D eigenvalue weighted by Gasteiger charge is 2.23. The summed E-state index contributed by atoms with van der Waals surface area (Å²) >= 11 is 0. The summed E-state index contributed by atoms with van der Waals surface area (Å²) in [5.41, 5.74) is 3.17. The molecular formula is C4H10FNO2. The maximum absolute atomic E-state index is 11.6. The summed E-state index contributed by atoms with van der Waals surface area (Å²) in [4.78, 5) is 0. The number of halogens is 1. The zero-order chi connectivity index (χ0) is 6.62. The molecule has 1 atom stereocenters. The van der Waals surface area contributed by atoms with E-state index in [1.165, 1.54) is 0 Å². The van der Waals surface area contributed by atoms with Gasteiger partial charge < -0.3 is 15.9 Å². The van der Waals surface area contributed by atoms with Gasteiger partial charge in [0.05, 0.1) is 6.61 Å². The van der Waals surface area contributed by atoms with Gasteiger partial charge in [-0.05, 0) is 0 Å². The molecule has 0 aromatic carbocycles. The third-order valence-corrected chi connectivity index (χ3v) is 0.923. The van der Waals surface area contributed by atoms with Crippen molar-refractivity contribution in [1.82, 2.24) is 0 Å². The molecule has 1 unspecified atom stereocenters. The van der Waals surface area contributed by atoms with Gasteiger partial charge in [0.15, 0.2) is 0 Å². The van der Waals surface area contributed by atoms with E-state index in [0.717, 1.165) is 0 Å². The minimum Gasteiger partial charge on any atom is -0.393 e. The van der Waals surface area contributed by atoms with Gasteiger partial charge in [0.2, 0.25) is 0 Å².